The van der Waals surface area contributed by atoms with E-state index in [2.05, 4.69) is 77.4 Å². The van der Waals surface area contributed by atoms with Crippen molar-refractivity contribution in [2.24, 2.45) is 0 Å². The molecular formula is C30H34ClN3O. The van der Waals surface area contributed by atoms with E-state index < -0.39 is 0 Å². The van der Waals surface area contributed by atoms with Crippen molar-refractivity contribution in [3.63, 3.8) is 0 Å². The summed E-state index contributed by atoms with van der Waals surface area (Å²) in [7, 11) is 0. The molecule has 0 radical (unpaired) electrons. The summed E-state index contributed by atoms with van der Waals surface area (Å²) >= 11 is 6.28. The Labute approximate surface area is 214 Å². The van der Waals surface area contributed by atoms with E-state index in [1.165, 1.54) is 11.4 Å². The van der Waals surface area contributed by atoms with Crippen molar-refractivity contribution in [2.75, 3.05) is 31.1 Å². The van der Waals surface area contributed by atoms with Gasteiger partial charge in [0.15, 0.2) is 0 Å². The molecule has 0 bridgehead atoms. The maximum Gasteiger partial charge on any atom is 0.255 e. The van der Waals surface area contributed by atoms with E-state index in [1.807, 2.05) is 23.1 Å². The third kappa shape index (κ3) is 5.10. The highest BCUT2D eigenvalue weighted by Crippen LogP contribution is 2.36. The van der Waals surface area contributed by atoms with Crippen LogP contribution < -0.4 is 4.90 Å². The summed E-state index contributed by atoms with van der Waals surface area (Å²) in [6.07, 6.45) is 4.24. The third-order valence-corrected chi connectivity index (χ3v) is 8.22. The number of hydrogen-bond acceptors (Lipinski definition) is 3. The number of carbonyl (C=O) groups excluding carboxylic acids is 1. The van der Waals surface area contributed by atoms with E-state index in [0.29, 0.717) is 16.6 Å². The Morgan fingerprint density at radius 2 is 1.31 bits per heavy atom. The van der Waals surface area contributed by atoms with Gasteiger partial charge in [-0.05, 0) is 69.0 Å². The Kier molecular flexibility index (Phi) is 7.12. The molecular weight excluding hydrogens is 454 g/mol. The van der Waals surface area contributed by atoms with Gasteiger partial charge in [-0.3, -0.25) is 9.69 Å². The van der Waals surface area contributed by atoms with Crippen LogP contribution in [0.15, 0.2) is 84.9 Å². The van der Waals surface area contributed by atoms with Crippen LogP contribution in [0.1, 0.15) is 43.0 Å². The first-order valence-electron chi connectivity index (χ1n) is 12.7. The normalized spacial score (nSPS) is 18.9. The number of carbonyl (C=O) groups is 1. The zero-order valence-corrected chi connectivity index (χ0v) is 21.2. The number of halogens is 1. The highest BCUT2D eigenvalue weighted by Gasteiger charge is 2.39. The molecule has 0 atom stereocenters. The lowest BCUT2D eigenvalue weighted by Crippen LogP contribution is -2.57. The fraction of sp³-hybridized carbons (Fsp3) is 0.367. The Bertz CT molecular complexity index is 1080. The number of likely N-dealkylation sites (tertiary alicyclic amines) is 2. The van der Waals surface area contributed by atoms with Crippen molar-refractivity contribution in [2.45, 2.75) is 44.2 Å². The van der Waals surface area contributed by atoms with E-state index in [1.54, 1.807) is 6.07 Å². The van der Waals surface area contributed by atoms with E-state index in [-0.39, 0.29) is 11.4 Å². The summed E-state index contributed by atoms with van der Waals surface area (Å²) in [4.78, 5) is 20.2. The van der Waals surface area contributed by atoms with Gasteiger partial charge in [0.2, 0.25) is 0 Å². The van der Waals surface area contributed by atoms with Crippen molar-refractivity contribution in [1.82, 2.24) is 9.80 Å². The molecule has 2 aliphatic rings. The predicted octanol–water partition coefficient (Wildman–Crippen LogP) is 6.64. The molecule has 2 fully saturated rings. The molecule has 4 nitrogen and oxygen atoms in total. The molecule has 0 unspecified atom stereocenters. The fourth-order valence-corrected chi connectivity index (χ4v) is 5.94. The van der Waals surface area contributed by atoms with E-state index >= 15 is 0 Å². The third-order valence-electron chi connectivity index (χ3n) is 7.89. The number of piperidine rings is 2. The van der Waals surface area contributed by atoms with Gasteiger partial charge in [-0.1, -0.05) is 60.1 Å². The Morgan fingerprint density at radius 1 is 0.800 bits per heavy atom. The zero-order chi connectivity index (χ0) is 24.3. The number of amides is 1. The number of rotatable bonds is 5. The van der Waals surface area contributed by atoms with Crippen molar-refractivity contribution in [1.29, 1.82) is 0 Å². The van der Waals surface area contributed by atoms with Gasteiger partial charge < -0.3 is 9.80 Å². The average Bonchev–Trinajstić information content (AvgIpc) is 2.91. The maximum atomic E-state index is 13.0. The van der Waals surface area contributed by atoms with Crippen molar-refractivity contribution in [3.8, 4) is 0 Å². The molecule has 2 saturated heterocycles. The van der Waals surface area contributed by atoms with Crippen molar-refractivity contribution in [3.05, 3.63) is 95.5 Å². The standard InChI is InChI=1S/C30H34ClN3O/c1-30(18-22-32(23-19-30)29(35)27-14-8-9-15-28(27)31)33-20-16-26(17-21-33)34(24-10-4-2-5-11-24)25-12-6-3-7-13-25/h2-15,26H,16-23H2,1H3. The van der Waals surface area contributed by atoms with Crippen molar-refractivity contribution >= 4 is 28.9 Å². The minimum atomic E-state index is 0.0534. The predicted molar refractivity (Wildman–Crippen MR) is 145 cm³/mol. The maximum absolute atomic E-state index is 13.0. The summed E-state index contributed by atoms with van der Waals surface area (Å²) < 4.78 is 0. The second-order valence-electron chi connectivity index (χ2n) is 10.0. The molecule has 0 saturated carbocycles. The molecule has 2 aliphatic heterocycles. The number of para-hydroxylation sites is 2. The van der Waals surface area contributed by atoms with Crippen LogP contribution in [0.4, 0.5) is 11.4 Å². The monoisotopic (exact) mass is 487 g/mol. The van der Waals surface area contributed by atoms with Gasteiger partial charge in [-0.25, -0.2) is 0 Å². The van der Waals surface area contributed by atoms with Crippen LogP contribution in [-0.2, 0) is 0 Å². The summed E-state index contributed by atoms with van der Waals surface area (Å²) in [5, 5.41) is 0.536. The highest BCUT2D eigenvalue weighted by atomic mass is 35.5. The summed E-state index contributed by atoms with van der Waals surface area (Å²) in [5.74, 6) is 0.0534. The van der Waals surface area contributed by atoms with Crippen LogP contribution in [0.25, 0.3) is 0 Å². The molecule has 0 N–H and O–H groups in total. The molecule has 3 aromatic rings. The molecule has 1 amide bonds. The zero-order valence-electron chi connectivity index (χ0n) is 20.4. The number of nitrogens with zero attached hydrogens (tertiary/aromatic N) is 3. The summed E-state index contributed by atoms with van der Waals surface area (Å²) in [5.41, 5.74) is 3.26. The quantitative estimate of drug-likeness (QED) is 0.403. The molecule has 3 aromatic carbocycles. The largest absolute Gasteiger partial charge is 0.338 e. The lowest BCUT2D eigenvalue weighted by atomic mass is 9.85. The molecule has 5 rings (SSSR count). The SMILES string of the molecule is CC1(N2CCC(N(c3ccccc3)c3ccccc3)CC2)CCN(C(=O)c2ccccc2Cl)CC1. The van der Waals surface area contributed by atoms with Gasteiger partial charge in [-0.15, -0.1) is 0 Å². The van der Waals surface area contributed by atoms with Gasteiger partial charge in [0.25, 0.3) is 5.91 Å². The topological polar surface area (TPSA) is 26.8 Å². The van der Waals surface area contributed by atoms with Gasteiger partial charge in [0.1, 0.15) is 0 Å². The second-order valence-corrected chi connectivity index (χ2v) is 10.4. The molecule has 0 spiro atoms. The van der Waals surface area contributed by atoms with Crippen LogP contribution in [0.2, 0.25) is 5.02 Å². The molecule has 35 heavy (non-hydrogen) atoms. The first-order chi connectivity index (χ1) is 17.0. The molecule has 2 heterocycles. The van der Waals surface area contributed by atoms with Crippen LogP contribution in [0, 0.1) is 0 Å². The van der Waals surface area contributed by atoms with E-state index in [0.717, 1.165) is 51.9 Å². The minimum absolute atomic E-state index is 0.0534. The summed E-state index contributed by atoms with van der Waals surface area (Å²) in [6, 6.07) is 29.4. The Morgan fingerprint density at radius 3 is 1.86 bits per heavy atom. The van der Waals surface area contributed by atoms with Gasteiger partial charge in [0, 0.05) is 49.1 Å². The molecule has 0 aromatic heterocycles. The smallest absolute Gasteiger partial charge is 0.255 e. The summed E-state index contributed by atoms with van der Waals surface area (Å²) in [6.45, 7) is 6.10. The van der Waals surface area contributed by atoms with E-state index in [9.17, 15) is 4.79 Å². The van der Waals surface area contributed by atoms with Gasteiger partial charge in [-0.2, -0.15) is 0 Å². The first kappa shape index (κ1) is 23.9. The number of anilines is 2. The van der Waals surface area contributed by atoms with Crippen LogP contribution >= 0.6 is 11.6 Å². The fourth-order valence-electron chi connectivity index (χ4n) is 5.72. The number of benzene rings is 3. The van der Waals surface area contributed by atoms with Gasteiger partial charge in [0.05, 0.1) is 10.6 Å². The highest BCUT2D eigenvalue weighted by molar-refractivity contribution is 6.33. The van der Waals surface area contributed by atoms with Crippen molar-refractivity contribution < 1.29 is 4.79 Å². The molecule has 0 aliphatic carbocycles. The van der Waals surface area contributed by atoms with Gasteiger partial charge >= 0.3 is 0 Å². The van der Waals surface area contributed by atoms with Crippen LogP contribution in [0.5, 0.6) is 0 Å². The lowest BCUT2D eigenvalue weighted by molar-refractivity contribution is 0.0177. The average molecular weight is 488 g/mol. The first-order valence-corrected chi connectivity index (χ1v) is 13.1. The minimum Gasteiger partial charge on any atom is -0.338 e. The van der Waals surface area contributed by atoms with Crippen LogP contribution in [0.3, 0.4) is 0 Å². The second kappa shape index (κ2) is 10.4. The Balaban J connectivity index is 1.23. The molecule has 182 valence electrons. The van der Waals surface area contributed by atoms with Crippen LogP contribution in [-0.4, -0.2) is 53.5 Å². The van der Waals surface area contributed by atoms with E-state index in [4.69, 9.17) is 11.6 Å². The lowest BCUT2D eigenvalue weighted by Gasteiger charge is -2.50. The number of hydrogen-bond donors (Lipinski definition) is 0. The Hall–Kier alpha value is -2.82. The molecule has 5 heteroatoms.